The van der Waals surface area contributed by atoms with Crippen molar-refractivity contribution in [1.29, 1.82) is 5.26 Å². The summed E-state index contributed by atoms with van der Waals surface area (Å²) in [4.78, 5) is 16.5. The second kappa shape index (κ2) is 6.69. The molecule has 2 aromatic rings. The summed E-state index contributed by atoms with van der Waals surface area (Å²) in [6.07, 6.45) is -0.977. The molecular formula is C17H12F3N3OS. The molecule has 1 aliphatic carbocycles. The molecule has 0 spiro atoms. The second-order valence-corrected chi connectivity index (χ2v) is 6.48. The number of rotatable bonds is 4. The molecule has 0 saturated heterocycles. The van der Waals surface area contributed by atoms with Gasteiger partial charge in [-0.1, -0.05) is 6.07 Å². The number of nitrogens with zero attached hydrogens (tertiary/aromatic N) is 2. The van der Waals surface area contributed by atoms with Gasteiger partial charge in [-0.15, -0.1) is 11.3 Å². The monoisotopic (exact) mass is 363 g/mol. The Hall–Kier alpha value is -2.66. The molecule has 8 heteroatoms. The first kappa shape index (κ1) is 17.2. The van der Waals surface area contributed by atoms with Crippen LogP contribution in [0, 0.1) is 11.3 Å². The van der Waals surface area contributed by atoms with E-state index in [-0.39, 0.29) is 11.3 Å². The van der Waals surface area contributed by atoms with Crippen LogP contribution in [0.15, 0.2) is 35.2 Å². The number of nitriles is 1. The summed E-state index contributed by atoms with van der Waals surface area (Å²) in [5.74, 6) is -0.306. The summed E-state index contributed by atoms with van der Waals surface area (Å²) in [5, 5.41) is 14.2. The highest BCUT2D eigenvalue weighted by atomic mass is 32.1. The van der Waals surface area contributed by atoms with Crippen molar-refractivity contribution in [3.05, 3.63) is 51.5 Å². The lowest BCUT2D eigenvalue weighted by atomic mass is 10.1. The third-order valence-electron chi connectivity index (χ3n) is 3.57. The molecule has 0 aliphatic heterocycles. The first-order valence-electron chi connectivity index (χ1n) is 7.42. The predicted octanol–water partition coefficient (Wildman–Crippen LogP) is 4.58. The minimum absolute atomic E-state index is 0.0297. The van der Waals surface area contributed by atoms with Crippen LogP contribution < -0.4 is 5.32 Å². The summed E-state index contributed by atoms with van der Waals surface area (Å²) in [7, 11) is 0. The van der Waals surface area contributed by atoms with E-state index < -0.39 is 17.6 Å². The maximum absolute atomic E-state index is 12.7. The first-order valence-corrected chi connectivity index (χ1v) is 8.30. The van der Waals surface area contributed by atoms with Crippen molar-refractivity contribution in [2.24, 2.45) is 0 Å². The topological polar surface area (TPSA) is 65.8 Å². The van der Waals surface area contributed by atoms with Gasteiger partial charge in [-0.05, 0) is 37.1 Å². The lowest BCUT2D eigenvalue weighted by molar-refractivity contribution is -0.137. The van der Waals surface area contributed by atoms with Crippen LogP contribution in [0.25, 0.3) is 6.08 Å². The Morgan fingerprint density at radius 1 is 1.40 bits per heavy atom. The van der Waals surface area contributed by atoms with Gasteiger partial charge in [0.1, 0.15) is 11.6 Å². The zero-order valence-electron chi connectivity index (χ0n) is 12.8. The molecule has 1 aliphatic rings. The summed E-state index contributed by atoms with van der Waals surface area (Å²) >= 11 is 1.47. The number of benzene rings is 1. The largest absolute Gasteiger partial charge is 0.416 e. The molecule has 128 valence electrons. The lowest BCUT2D eigenvalue weighted by Gasteiger charge is -2.09. The Labute approximate surface area is 145 Å². The number of alkyl halides is 3. The Morgan fingerprint density at radius 2 is 2.16 bits per heavy atom. The Kier molecular flexibility index (Phi) is 4.59. The molecule has 0 unspecified atom stereocenters. The summed E-state index contributed by atoms with van der Waals surface area (Å²) in [6, 6.07) is 6.01. The molecular weight excluding hydrogens is 351 g/mol. The van der Waals surface area contributed by atoms with E-state index in [0.29, 0.717) is 11.6 Å². The fraction of sp³-hybridized carbons (Fsp3) is 0.235. The molecule has 0 atom stereocenters. The Balaban J connectivity index is 1.76. The molecule has 3 rings (SSSR count). The Bertz CT molecular complexity index is 876. The number of aromatic nitrogens is 1. The molecule has 1 aromatic carbocycles. The van der Waals surface area contributed by atoms with Gasteiger partial charge >= 0.3 is 6.18 Å². The van der Waals surface area contributed by atoms with Crippen LogP contribution >= 0.6 is 11.3 Å². The van der Waals surface area contributed by atoms with E-state index >= 15 is 0 Å². The molecule has 1 N–H and O–H groups in total. The highest BCUT2D eigenvalue weighted by Crippen LogP contribution is 2.41. The maximum Gasteiger partial charge on any atom is 0.416 e. The lowest BCUT2D eigenvalue weighted by Crippen LogP contribution is -2.14. The van der Waals surface area contributed by atoms with E-state index in [9.17, 15) is 18.0 Å². The van der Waals surface area contributed by atoms with Crippen molar-refractivity contribution in [1.82, 2.24) is 4.98 Å². The fourth-order valence-electron chi connectivity index (χ4n) is 2.15. The van der Waals surface area contributed by atoms with E-state index in [2.05, 4.69) is 10.3 Å². The number of hydrogen-bond acceptors (Lipinski definition) is 4. The fourth-order valence-corrected chi connectivity index (χ4v) is 3.10. The van der Waals surface area contributed by atoms with Gasteiger partial charge in [0.05, 0.1) is 16.3 Å². The second-order valence-electron chi connectivity index (χ2n) is 5.59. The minimum atomic E-state index is -4.51. The average molecular weight is 363 g/mol. The van der Waals surface area contributed by atoms with E-state index in [4.69, 9.17) is 5.26 Å². The van der Waals surface area contributed by atoms with Gasteiger partial charge in [0.2, 0.25) is 0 Å². The zero-order valence-corrected chi connectivity index (χ0v) is 13.6. The molecule has 0 bridgehead atoms. The van der Waals surface area contributed by atoms with Crippen molar-refractivity contribution in [3.63, 3.8) is 0 Å². The molecule has 0 radical (unpaired) electrons. The van der Waals surface area contributed by atoms with Gasteiger partial charge < -0.3 is 5.32 Å². The molecule has 1 fully saturated rings. The van der Waals surface area contributed by atoms with Gasteiger partial charge in [-0.25, -0.2) is 4.98 Å². The number of amides is 1. The van der Waals surface area contributed by atoms with E-state index in [0.717, 1.165) is 30.0 Å². The average Bonchev–Trinajstić information content (AvgIpc) is 3.31. The maximum atomic E-state index is 12.7. The number of carbonyl (C=O) groups excluding carboxylic acids is 1. The highest BCUT2D eigenvalue weighted by molar-refractivity contribution is 7.09. The van der Waals surface area contributed by atoms with Crippen LogP contribution in [0.5, 0.6) is 0 Å². The molecule has 1 heterocycles. The number of hydrogen-bond donors (Lipinski definition) is 1. The number of halogens is 3. The number of thiazole rings is 1. The van der Waals surface area contributed by atoms with Gasteiger partial charge in [0.25, 0.3) is 5.91 Å². The molecule has 25 heavy (non-hydrogen) atoms. The normalized spacial score (nSPS) is 14.9. The summed E-state index contributed by atoms with van der Waals surface area (Å²) < 4.78 is 38.1. The van der Waals surface area contributed by atoms with Crippen molar-refractivity contribution in [3.8, 4) is 6.07 Å². The van der Waals surface area contributed by atoms with Crippen LogP contribution in [0.2, 0.25) is 0 Å². The quantitative estimate of drug-likeness (QED) is 0.638. The van der Waals surface area contributed by atoms with Crippen LogP contribution in [-0.2, 0) is 11.0 Å². The smallest absolute Gasteiger partial charge is 0.321 e. The van der Waals surface area contributed by atoms with Crippen molar-refractivity contribution in [2.75, 3.05) is 5.32 Å². The minimum Gasteiger partial charge on any atom is -0.321 e. The highest BCUT2D eigenvalue weighted by Gasteiger charge is 2.30. The predicted molar refractivity (Wildman–Crippen MR) is 87.8 cm³/mol. The van der Waals surface area contributed by atoms with Crippen molar-refractivity contribution in [2.45, 2.75) is 24.9 Å². The van der Waals surface area contributed by atoms with E-state index in [1.54, 1.807) is 11.4 Å². The van der Waals surface area contributed by atoms with Crippen molar-refractivity contribution >= 4 is 29.0 Å². The third kappa shape index (κ3) is 4.25. The van der Waals surface area contributed by atoms with Crippen LogP contribution in [0.3, 0.4) is 0 Å². The zero-order chi connectivity index (χ0) is 18.0. The third-order valence-corrected chi connectivity index (χ3v) is 4.60. The molecule has 4 nitrogen and oxygen atoms in total. The van der Waals surface area contributed by atoms with Gasteiger partial charge in [0, 0.05) is 17.0 Å². The number of carbonyl (C=O) groups is 1. The van der Waals surface area contributed by atoms with Crippen LogP contribution in [-0.4, -0.2) is 10.9 Å². The van der Waals surface area contributed by atoms with Gasteiger partial charge in [0.15, 0.2) is 0 Å². The van der Waals surface area contributed by atoms with Gasteiger partial charge in [-0.2, -0.15) is 18.4 Å². The van der Waals surface area contributed by atoms with Crippen LogP contribution in [0.4, 0.5) is 18.9 Å². The standard InChI is InChI=1S/C17H12F3N3OS/c18-17(19,20)12-2-1-3-13(7-12)22-15(24)11(8-21)6-14-9-25-16(23-14)10-4-5-10/h1-3,6-7,9-10H,4-5H2,(H,22,24)/b11-6-. The molecule has 1 amide bonds. The summed E-state index contributed by atoms with van der Waals surface area (Å²) in [5.41, 5.74) is -0.619. The first-order chi connectivity index (χ1) is 11.9. The molecule has 1 saturated carbocycles. The SMILES string of the molecule is N#C/C(=C/c1csc(C2CC2)n1)C(=O)Nc1cccc(C(F)(F)F)c1. The Morgan fingerprint density at radius 3 is 2.80 bits per heavy atom. The van der Waals surface area contributed by atoms with Gasteiger partial charge in [-0.3, -0.25) is 4.79 Å². The number of anilines is 1. The van der Waals surface area contributed by atoms with E-state index in [1.807, 2.05) is 0 Å². The van der Waals surface area contributed by atoms with Crippen LogP contribution in [0.1, 0.15) is 35.0 Å². The summed E-state index contributed by atoms with van der Waals surface area (Å²) in [6.45, 7) is 0. The molecule has 1 aromatic heterocycles. The van der Waals surface area contributed by atoms with E-state index in [1.165, 1.54) is 29.5 Å². The van der Waals surface area contributed by atoms with Crippen molar-refractivity contribution < 1.29 is 18.0 Å². The number of nitrogens with one attached hydrogen (secondary N) is 1.